The first-order chi connectivity index (χ1) is 5.81. The number of rotatable bonds is 8. The van der Waals surface area contributed by atoms with Crippen LogP contribution in [0.2, 0.25) is 0 Å². The number of methoxy groups -OCH3 is 1. The molecule has 0 aliphatic heterocycles. The van der Waals surface area contributed by atoms with E-state index in [4.69, 9.17) is 4.74 Å². The summed E-state index contributed by atoms with van der Waals surface area (Å²) in [4.78, 5) is 0. The molecule has 0 fully saturated rings. The van der Waals surface area contributed by atoms with Gasteiger partial charge in [0.05, 0.1) is 6.61 Å². The molecule has 0 bridgehead atoms. The molecule has 0 heterocycles. The van der Waals surface area contributed by atoms with Gasteiger partial charge in [-0.2, -0.15) is 0 Å². The van der Waals surface area contributed by atoms with Gasteiger partial charge in [0, 0.05) is 36.0 Å². The lowest BCUT2D eigenvalue weighted by atomic mass is 10.5. The van der Waals surface area contributed by atoms with Gasteiger partial charge < -0.3 is 10.1 Å². The van der Waals surface area contributed by atoms with Crippen LogP contribution >= 0.6 is 0 Å². The second kappa shape index (κ2) is 9.16. The van der Waals surface area contributed by atoms with E-state index in [1.165, 1.54) is 0 Å². The van der Waals surface area contributed by atoms with Crippen LogP contribution in [0.15, 0.2) is 0 Å². The van der Waals surface area contributed by atoms with Crippen LogP contribution < -0.4 is 5.32 Å². The Morgan fingerprint density at radius 2 is 2.17 bits per heavy atom. The largest absolute Gasteiger partial charge is 0.383 e. The Kier molecular flexibility index (Phi) is 9.21. The summed E-state index contributed by atoms with van der Waals surface area (Å²) in [5, 5.41) is 3.21. The predicted octanol–water partition coefficient (Wildman–Crippen LogP) is 0.381. The van der Waals surface area contributed by atoms with E-state index in [1.54, 1.807) is 7.11 Å². The highest BCUT2D eigenvalue weighted by Gasteiger charge is 1.94. The molecule has 0 aliphatic carbocycles. The molecule has 0 aromatic carbocycles. The molecular formula is C8H19NO2S. The second-order valence-corrected chi connectivity index (χ2v) is 4.39. The standard InChI is InChI=1S/C8H19NO2S/c1-3-12(10)8-4-5-9-6-7-11-2/h9H,3-8H2,1-2H3. The van der Waals surface area contributed by atoms with Crippen LogP contribution in [0.1, 0.15) is 13.3 Å². The molecule has 3 nitrogen and oxygen atoms in total. The molecule has 0 amide bonds. The van der Waals surface area contributed by atoms with E-state index in [-0.39, 0.29) is 0 Å². The van der Waals surface area contributed by atoms with Crippen LogP contribution in [0.3, 0.4) is 0 Å². The van der Waals surface area contributed by atoms with E-state index in [9.17, 15) is 4.21 Å². The zero-order valence-electron chi connectivity index (χ0n) is 7.97. The lowest BCUT2D eigenvalue weighted by Gasteiger charge is -2.02. The molecule has 0 spiro atoms. The highest BCUT2D eigenvalue weighted by atomic mass is 32.2. The van der Waals surface area contributed by atoms with Crippen LogP contribution in [-0.2, 0) is 15.5 Å². The third-order valence-electron chi connectivity index (χ3n) is 1.53. The molecule has 0 saturated carbocycles. The van der Waals surface area contributed by atoms with Crippen LogP contribution in [0.5, 0.6) is 0 Å². The van der Waals surface area contributed by atoms with Crippen molar-refractivity contribution < 1.29 is 8.95 Å². The normalized spacial score (nSPS) is 13.2. The van der Waals surface area contributed by atoms with Gasteiger partial charge in [0.2, 0.25) is 0 Å². The Morgan fingerprint density at radius 1 is 1.42 bits per heavy atom. The van der Waals surface area contributed by atoms with Gasteiger partial charge in [0.1, 0.15) is 0 Å². The third kappa shape index (κ3) is 8.17. The van der Waals surface area contributed by atoms with Gasteiger partial charge in [0.15, 0.2) is 0 Å². The second-order valence-electron chi connectivity index (χ2n) is 2.53. The van der Waals surface area contributed by atoms with Gasteiger partial charge in [-0.1, -0.05) is 6.92 Å². The average Bonchev–Trinajstić information content (AvgIpc) is 2.10. The summed E-state index contributed by atoms with van der Waals surface area (Å²) in [6.45, 7) is 4.52. The van der Waals surface area contributed by atoms with Crippen molar-refractivity contribution in [3.05, 3.63) is 0 Å². The predicted molar refractivity (Wildman–Crippen MR) is 52.9 cm³/mol. The first kappa shape index (κ1) is 12.1. The summed E-state index contributed by atoms with van der Waals surface area (Å²) >= 11 is 0. The highest BCUT2D eigenvalue weighted by molar-refractivity contribution is 7.84. The van der Waals surface area contributed by atoms with Crippen molar-refractivity contribution in [2.75, 3.05) is 38.3 Å². The molecule has 0 aliphatic rings. The summed E-state index contributed by atoms with van der Waals surface area (Å²) in [7, 11) is 1.08. The van der Waals surface area contributed by atoms with E-state index in [2.05, 4.69) is 5.32 Å². The maximum Gasteiger partial charge on any atom is 0.0587 e. The van der Waals surface area contributed by atoms with Crippen molar-refractivity contribution in [3.63, 3.8) is 0 Å². The minimum atomic E-state index is -0.605. The van der Waals surface area contributed by atoms with E-state index in [0.717, 1.165) is 37.6 Å². The molecule has 0 radical (unpaired) electrons. The minimum absolute atomic E-state index is 0.605. The summed E-state index contributed by atoms with van der Waals surface area (Å²) in [6, 6.07) is 0. The molecule has 74 valence electrons. The SMILES string of the molecule is CCS(=O)CCCNCCOC. The molecule has 0 aromatic rings. The van der Waals surface area contributed by atoms with Gasteiger partial charge in [-0.3, -0.25) is 4.21 Å². The van der Waals surface area contributed by atoms with Crippen LogP contribution in [-0.4, -0.2) is 42.5 Å². The highest BCUT2D eigenvalue weighted by Crippen LogP contribution is 1.85. The molecule has 0 aromatic heterocycles. The van der Waals surface area contributed by atoms with Crippen molar-refractivity contribution >= 4 is 10.8 Å². The maximum atomic E-state index is 11.0. The van der Waals surface area contributed by atoms with E-state index < -0.39 is 10.8 Å². The quantitative estimate of drug-likeness (QED) is 0.566. The van der Waals surface area contributed by atoms with Gasteiger partial charge in [-0.05, 0) is 13.0 Å². The van der Waals surface area contributed by atoms with Gasteiger partial charge in [-0.15, -0.1) is 0 Å². The van der Waals surface area contributed by atoms with Crippen molar-refractivity contribution in [3.8, 4) is 0 Å². The first-order valence-corrected chi connectivity index (χ1v) is 5.84. The smallest absolute Gasteiger partial charge is 0.0587 e. The zero-order valence-corrected chi connectivity index (χ0v) is 8.78. The molecule has 0 rings (SSSR count). The van der Waals surface area contributed by atoms with Crippen LogP contribution in [0.4, 0.5) is 0 Å². The van der Waals surface area contributed by atoms with Gasteiger partial charge in [-0.25, -0.2) is 0 Å². The molecular weight excluding hydrogens is 174 g/mol. The zero-order chi connectivity index (χ0) is 9.23. The van der Waals surface area contributed by atoms with Crippen LogP contribution in [0, 0.1) is 0 Å². The topological polar surface area (TPSA) is 38.3 Å². The number of hydrogen-bond donors (Lipinski definition) is 1. The summed E-state index contributed by atoms with van der Waals surface area (Å²) < 4.78 is 15.8. The van der Waals surface area contributed by atoms with E-state index >= 15 is 0 Å². The monoisotopic (exact) mass is 193 g/mol. The number of nitrogens with one attached hydrogen (secondary N) is 1. The fourth-order valence-electron chi connectivity index (χ4n) is 0.802. The molecule has 4 heteroatoms. The Morgan fingerprint density at radius 3 is 2.75 bits per heavy atom. The van der Waals surface area contributed by atoms with Crippen LogP contribution in [0.25, 0.3) is 0 Å². The molecule has 0 saturated heterocycles. The summed E-state index contributed by atoms with van der Waals surface area (Å²) in [6.07, 6.45) is 0.990. The Balaban J connectivity index is 2.95. The minimum Gasteiger partial charge on any atom is -0.383 e. The molecule has 1 unspecified atom stereocenters. The lowest BCUT2D eigenvalue weighted by molar-refractivity contribution is 0.199. The Labute approximate surface area is 77.3 Å². The van der Waals surface area contributed by atoms with Crippen molar-refractivity contribution in [2.45, 2.75) is 13.3 Å². The summed E-state index contributed by atoms with van der Waals surface area (Å²) in [5.41, 5.74) is 0. The van der Waals surface area contributed by atoms with Crippen molar-refractivity contribution in [1.29, 1.82) is 0 Å². The number of ether oxygens (including phenoxy) is 1. The van der Waals surface area contributed by atoms with Gasteiger partial charge >= 0.3 is 0 Å². The van der Waals surface area contributed by atoms with E-state index in [0.29, 0.717) is 0 Å². The third-order valence-corrected chi connectivity index (χ3v) is 2.92. The molecule has 1 N–H and O–H groups in total. The number of hydrogen-bond acceptors (Lipinski definition) is 3. The molecule has 12 heavy (non-hydrogen) atoms. The average molecular weight is 193 g/mol. The fraction of sp³-hybridized carbons (Fsp3) is 1.00. The first-order valence-electron chi connectivity index (χ1n) is 4.36. The summed E-state index contributed by atoms with van der Waals surface area (Å²) in [5.74, 6) is 1.59. The molecule has 1 atom stereocenters. The van der Waals surface area contributed by atoms with Gasteiger partial charge in [0.25, 0.3) is 0 Å². The lowest BCUT2D eigenvalue weighted by Crippen LogP contribution is -2.21. The Bertz CT molecular complexity index is 120. The van der Waals surface area contributed by atoms with Crippen molar-refractivity contribution in [2.24, 2.45) is 0 Å². The Hall–Kier alpha value is 0.0700. The van der Waals surface area contributed by atoms with Crippen molar-refractivity contribution in [1.82, 2.24) is 5.32 Å². The van der Waals surface area contributed by atoms with E-state index in [1.807, 2.05) is 6.92 Å². The fourth-order valence-corrected chi connectivity index (χ4v) is 1.56. The maximum absolute atomic E-state index is 11.0.